The van der Waals surface area contributed by atoms with Gasteiger partial charge >= 0.3 is 6.03 Å². The Morgan fingerprint density at radius 2 is 2.19 bits per heavy atom. The summed E-state index contributed by atoms with van der Waals surface area (Å²) in [6.07, 6.45) is 0.589. The number of nitrogens with one attached hydrogen (secondary N) is 2. The number of carbonyl (C=O) groups is 1. The average molecular weight is 427 g/mol. The zero-order valence-electron chi connectivity index (χ0n) is 13.8. The van der Waals surface area contributed by atoms with Crippen LogP contribution in [0.4, 0.5) is 9.93 Å². The predicted molar refractivity (Wildman–Crippen MR) is 104 cm³/mol. The number of benzene rings is 1. The molecule has 3 aromatic rings. The molecule has 4 rings (SSSR count). The molecule has 0 bridgehead atoms. The van der Waals surface area contributed by atoms with E-state index in [9.17, 15) is 18.3 Å². The van der Waals surface area contributed by atoms with Gasteiger partial charge in [0.25, 0.3) is 0 Å². The average Bonchev–Trinajstić information content (AvgIpc) is 3.34. The van der Waals surface area contributed by atoms with Crippen molar-refractivity contribution < 1.29 is 18.3 Å². The van der Waals surface area contributed by atoms with Gasteiger partial charge in [0.05, 0.1) is 20.4 Å². The molecule has 1 aliphatic heterocycles. The van der Waals surface area contributed by atoms with Crippen molar-refractivity contribution in [2.75, 3.05) is 18.4 Å². The van der Waals surface area contributed by atoms with Crippen LogP contribution in [0.25, 0.3) is 10.2 Å². The van der Waals surface area contributed by atoms with E-state index in [0.717, 1.165) is 15.9 Å². The minimum atomic E-state index is -3.42. The quantitative estimate of drug-likeness (QED) is 0.593. The highest BCUT2D eigenvalue weighted by molar-refractivity contribution is 7.92. The number of amides is 1. The first-order chi connectivity index (χ1) is 12.9. The van der Waals surface area contributed by atoms with Crippen molar-refractivity contribution in [1.29, 1.82) is 0 Å². The van der Waals surface area contributed by atoms with Crippen molar-refractivity contribution in [2.24, 2.45) is 0 Å². The van der Waals surface area contributed by atoms with E-state index in [2.05, 4.69) is 15.6 Å². The lowest BCUT2D eigenvalue weighted by molar-refractivity contribution is 0.251. The number of hydrogen-bond donors (Lipinski definition) is 3. The number of fused-ring (bicyclic) bond motifs is 1. The first kappa shape index (κ1) is 18.2. The number of nitrogens with zero attached hydrogens (tertiary/aromatic N) is 2. The molecule has 3 N–H and O–H groups in total. The molecular weight excluding hydrogens is 412 g/mol. The van der Waals surface area contributed by atoms with Crippen molar-refractivity contribution >= 4 is 54.2 Å². The van der Waals surface area contributed by atoms with Gasteiger partial charge in [0.1, 0.15) is 5.15 Å². The number of anilines is 1. The van der Waals surface area contributed by atoms with Crippen LogP contribution >= 0.6 is 22.9 Å². The maximum Gasteiger partial charge on any atom is 0.335 e. The standard InChI is InChI=1S/C16H15ClN4O4S2/c17-13-3-4-14(22)21(13)16(23)20-15-19-11-2-1-9(7-12(11)26-15)27(24,25)10-5-6-18-8-10/h1-4,7,10,18,22H,5-6,8H2,(H,19,20,23)/t10-/m1/s1. The van der Waals surface area contributed by atoms with Crippen molar-refractivity contribution in [2.45, 2.75) is 16.6 Å². The van der Waals surface area contributed by atoms with Crippen LogP contribution < -0.4 is 10.6 Å². The Hall–Kier alpha value is -2.14. The predicted octanol–water partition coefficient (Wildman–Crippen LogP) is 2.67. The van der Waals surface area contributed by atoms with E-state index in [-0.39, 0.29) is 21.1 Å². The molecule has 1 aliphatic rings. The molecule has 0 unspecified atom stereocenters. The van der Waals surface area contributed by atoms with Crippen LogP contribution in [0.1, 0.15) is 6.42 Å². The lowest BCUT2D eigenvalue weighted by Crippen LogP contribution is -2.23. The van der Waals surface area contributed by atoms with E-state index in [1.165, 1.54) is 18.2 Å². The molecular formula is C16H15ClN4O4S2. The molecule has 2 aromatic heterocycles. The van der Waals surface area contributed by atoms with Crippen LogP contribution in [0.3, 0.4) is 0 Å². The summed E-state index contributed by atoms with van der Waals surface area (Å²) in [6.45, 7) is 1.14. The fraction of sp³-hybridized carbons (Fsp3) is 0.250. The fourth-order valence-corrected chi connectivity index (χ4v) is 5.86. The van der Waals surface area contributed by atoms with Crippen molar-refractivity contribution in [3.63, 3.8) is 0 Å². The third-order valence-electron chi connectivity index (χ3n) is 4.37. The van der Waals surface area contributed by atoms with E-state index in [4.69, 9.17) is 11.6 Å². The molecule has 3 heterocycles. The summed E-state index contributed by atoms with van der Waals surface area (Å²) >= 11 is 7.02. The maximum absolute atomic E-state index is 12.7. The van der Waals surface area contributed by atoms with E-state index in [1.807, 2.05) is 0 Å². The molecule has 11 heteroatoms. The molecule has 1 atom stereocenters. The number of sulfone groups is 1. The summed E-state index contributed by atoms with van der Waals surface area (Å²) in [5, 5.41) is 15.2. The van der Waals surface area contributed by atoms with Gasteiger partial charge in [-0.2, -0.15) is 0 Å². The minimum Gasteiger partial charge on any atom is -0.494 e. The number of halogens is 1. The monoisotopic (exact) mass is 426 g/mol. The zero-order valence-corrected chi connectivity index (χ0v) is 16.2. The van der Waals surface area contributed by atoms with E-state index in [1.54, 1.807) is 12.1 Å². The largest absolute Gasteiger partial charge is 0.494 e. The second-order valence-electron chi connectivity index (χ2n) is 6.09. The van der Waals surface area contributed by atoms with Gasteiger partial charge in [0, 0.05) is 12.6 Å². The van der Waals surface area contributed by atoms with Gasteiger partial charge in [-0.25, -0.2) is 22.8 Å². The second-order valence-corrected chi connectivity index (χ2v) is 9.73. The molecule has 1 fully saturated rings. The van der Waals surface area contributed by atoms with Crippen LogP contribution in [0.5, 0.6) is 5.88 Å². The highest BCUT2D eigenvalue weighted by Crippen LogP contribution is 2.31. The molecule has 1 saturated heterocycles. The van der Waals surface area contributed by atoms with Gasteiger partial charge in [-0.3, -0.25) is 5.32 Å². The first-order valence-corrected chi connectivity index (χ1v) is 10.8. The number of carbonyl (C=O) groups excluding carboxylic acids is 1. The van der Waals surface area contributed by atoms with Crippen LogP contribution in [-0.2, 0) is 9.84 Å². The Kier molecular flexibility index (Phi) is 4.58. The normalized spacial score (nSPS) is 17.4. The number of rotatable bonds is 3. The highest BCUT2D eigenvalue weighted by atomic mass is 35.5. The Bertz CT molecular complexity index is 1110. The Morgan fingerprint density at radius 3 is 2.85 bits per heavy atom. The Balaban J connectivity index is 1.62. The molecule has 142 valence electrons. The van der Waals surface area contributed by atoms with E-state index >= 15 is 0 Å². The summed E-state index contributed by atoms with van der Waals surface area (Å²) in [6, 6.07) is 6.77. The van der Waals surface area contributed by atoms with Gasteiger partial charge in [0.15, 0.2) is 15.0 Å². The third-order valence-corrected chi connectivity index (χ3v) is 7.79. The van der Waals surface area contributed by atoms with Crippen LogP contribution in [0.15, 0.2) is 35.2 Å². The summed E-state index contributed by atoms with van der Waals surface area (Å²) in [5.41, 5.74) is 0.571. The molecule has 1 aromatic carbocycles. The number of aromatic nitrogens is 2. The van der Waals surface area contributed by atoms with Gasteiger partial charge in [0.2, 0.25) is 5.88 Å². The summed E-state index contributed by atoms with van der Waals surface area (Å²) < 4.78 is 27.0. The Morgan fingerprint density at radius 1 is 1.37 bits per heavy atom. The van der Waals surface area contributed by atoms with Gasteiger partial charge < -0.3 is 10.4 Å². The zero-order chi connectivity index (χ0) is 19.2. The SMILES string of the molecule is O=C(Nc1nc2ccc(S(=O)(=O)[C@@H]3CCNC3)cc2s1)n1c(O)ccc1Cl. The van der Waals surface area contributed by atoms with Gasteiger partial charge in [-0.1, -0.05) is 22.9 Å². The van der Waals surface area contributed by atoms with Crippen molar-refractivity contribution in [1.82, 2.24) is 14.9 Å². The second kappa shape index (κ2) is 6.79. The summed E-state index contributed by atoms with van der Waals surface area (Å²) in [4.78, 5) is 16.8. The molecule has 0 spiro atoms. The minimum absolute atomic E-state index is 0.0599. The number of aromatic hydroxyl groups is 1. The van der Waals surface area contributed by atoms with Crippen molar-refractivity contribution in [3.8, 4) is 5.88 Å². The first-order valence-electron chi connectivity index (χ1n) is 8.09. The third kappa shape index (κ3) is 3.29. The molecule has 0 saturated carbocycles. The van der Waals surface area contributed by atoms with Gasteiger partial charge in [-0.05, 0) is 37.2 Å². The lowest BCUT2D eigenvalue weighted by atomic mass is 10.3. The summed E-state index contributed by atoms with van der Waals surface area (Å²) in [7, 11) is -3.42. The highest BCUT2D eigenvalue weighted by Gasteiger charge is 2.30. The lowest BCUT2D eigenvalue weighted by Gasteiger charge is -2.10. The molecule has 1 amide bonds. The van der Waals surface area contributed by atoms with E-state index in [0.29, 0.717) is 29.7 Å². The van der Waals surface area contributed by atoms with Crippen LogP contribution in [0, 0.1) is 0 Å². The molecule has 0 radical (unpaired) electrons. The topological polar surface area (TPSA) is 113 Å². The van der Waals surface area contributed by atoms with Gasteiger partial charge in [-0.15, -0.1) is 0 Å². The molecule has 0 aliphatic carbocycles. The number of thiazole rings is 1. The number of hydrogen-bond acceptors (Lipinski definition) is 7. The van der Waals surface area contributed by atoms with Crippen LogP contribution in [0.2, 0.25) is 5.15 Å². The fourth-order valence-electron chi connectivity index (χ4n) is 2.97. The maximum atomic E-state index is 12.7. The Labute approximate surface area is 163 Å². The summed E-state index contributed by atoms with van der Waals surface area (Å²) in [5.74, 6) is -0.294. The smallest absolute Gasteiger partial charge is 0.335 e. The molecule has 27 heavy (non-hydrogen) atoms. The van der Waals surface area contributed by atoms with E-state index < -0.39 is 21.1 Å². The molecule has 8 nitrogen and oxygen atoms in total. The van der Waals surface area contributed by atoms with Crippen molar-refractivity contribution in [3.05, 3.63) is 35.5 Å². The van der Waals surface area contributed by atoms with Crippen LogP contribution in [-0.4, -0.2) is 47.4 Å².